The van der Waals surface area contributed by atoms with Crippen molar-refractivity contribution in [2.45, 2.75) is 50.2 Å². The van der Waals surface area contributed by atoms with Gasteiger partial charge < -0.3 is 19.1 Å². The van der Waals surface area contributed by atoms with E-state index in [2.05, 4.69) is 0 Å². The van der Waals surface area contributed by atoms with Crippen LogP contribution in [-0.4, -0.2) is 63.3 Å². The molecular formula is C23H28ClF2N2O9P. The first-order valence-corrected chi connectivity index (χ1v) is 13.7. The Morgan fingerprint density at radius 3 is 2.55 bits per heavy atom. The number of nitrogens with zero attached hydrogens (tertiary/aromatic N) is 1. The number of esters is 1. The highest BCUT2D eigenvalue weighted by Gasteiger charge is 2.57. The van der Waals surface area contributed by atoms with Crippen LogP contribution in [0, 0.1) is 11.7 Å². The van der Waals surface area contributed by atoms with Crippen molar-refractivity contribution in [3.63, 3.8) is 0 Å². The standard InChI is InChI=1S/C23H28ClF2N2O9P/c1-13(2)35-20(31)14(3)11-38(33,37-15-7-5-4-6-8-15)34-10-17-18(29)23(24,12-25)21(36-17)28-9-16(26)19(30)27-22(28)32/h4-9,13-14,17-18,21,29H,10-12H2,1-3H3,(H,27,30,32)/t14-,17-,18+,21-,23?,38+/m1/s1. The maximum absolute atomic E-state index is 14.1. The molecule has 15 heteroatoms. The molecule has 2 aromatic rings. The highest BCUT2D eigenvalue weighted by Crippen LogP contribution is 2.51. The Kier molecular flexibility index (Phi) is 9.53. The molecule has 1 unspecified atom stereocenters. The van der Waals surface area contributed by atoms with Crippen molar-refractivity contribution in [3.8, 4) is 5.75 Å². The summed E-state index contributed by atoms with van der Waals surface area (Å²) < 4.78 is 64.0. The number of alkyl halides is 2. The summed E-state index contributed by atoms with van der Waals surface area (Å²) in [6, 6.07) is 7.95. The fourth-order valence-electron chi connectivity index (χ4n) is 3.72. The Balaban J connectivity index is 1.85. The van der Waals surface area contributed by atoms with Crippen LogP contribution in [0.4, 0.5) is 8.78 Å². The van der Waals surface area contributed by atoms with Crippen molar-refractivity contribution in [2.24, 2.45) is 5.92 Å². The maximum Gasteiger partial charge on any atom is 0.380 e. The van der Waals surface area contributed by atoms with E-state index in [1.165, 1.54) is 19.1 Å². The molecule has 0 radical (unpaired) electrons. The molecule has 1 saturated heterocycles. The number of aromatic amines is 1. The van der Waals surface area contributed by atoms with Gasteiger partial charge in [0.15, 0.2) is 6.23 Å². The molecule has 2 N–H and O–H groups in total. The number of aliphatic hydroxyl groups is 1. The van der Waals surface area contributed by atoms with Gasteiger partial charge in [-0.1, -0.05) is 25.1 Å². The largest absolute Gasteiger partial charge is 0.463 e. The summed E-state index contributed by atoms with van der Waals surface area (Å²) in [6.07, 6.45) is -5.45. The van der Waals surface area contributed by atoms with Gasteiger partial charge in [0.25, 0.3) is 5.56 Å². The number of aliphatic hydroxyl groups excluding tert-OH is 1. The third kappa shape index (κ3) is 6.70. The summed E-state index contributed by atoms with van der Waals surface area (Å²) in [5, 5.41) is 10.7. The van der Waals surface area contributed by atoms with Crippen molar-refractivity contribution >= 4 is 25.2 Å². The minimum Gasteiger partial charge on any atom is -0.463 e. The molecule has 1 aromatic carbocycles. The molecule has 1 fully saturated rings. The van der Waals surface area contributed by atoms with E-state index in [4.69, 9.17) is 30.1 Å². The summed E-state index contributed by atoms with van der Waals surface area (Å²) in [5.41, 5.74) is -2.47. The second-order valence-electron chi connectivity index (χ2n) is 9.06. The normalized spacial score (nSPS) is 25.6. The molecule has 6 atom stereocenters. The van der Waals surface area contributed by atoms with Gasteiger partial charge >= 0.3 is 19.3 Å². The van der Waals surface area contributed by atoms with Gasteiger partial charge in [0, 0.05) is 0 Å². The zero-order chi connectivity index (χ0) is 28.3. The third-order valence-corrected chi connectivity index (χ3v) is 8.15. The predicted octanol–water partition coefficient (Wildman–Crippen LogP) is 2.76. The van der Waals surface area contributed by atoms with E-state index in [-0.39, 0.29) is 5.75 Å². The molecule has 0 amide bonds. The van der Waals surface area contributed by atoms with Gasteiger partial charge in [-0.2, -0.15) is 4.39 Å². The third-order valence-electron chi connectivity index (χ3n) is 5.61. The first kappa shape index (κ1) is 30.0. The fourth-order valence-corrected chi connectivity index (χ4v) is 5.89. The Morgan fingerprint density at radius 2 is 1.95 bits per heavy atom. The Bertz CT molecular complexity index is 1290. The lowest BCUT2D eigenvalue weighted by molar-refractivity contribution is -0.151. The average molecular weight is 581 g/mol. The first-order valence-electron chi connectivity index (χ1n) is 11.6. The lowest BCUT2D eigenvalue weighted by Gasteiger charge is -2.27. The summed E-state index contributed by atoms with van der Waals surface area (Å²) in [4.78, 5) is 35.4. The zero-order valence-electron chi connectivity index (χ0n) is 20.7. The van der Waals surface area contributed by atoms with Crippen LogP contribution in [0.15, 0.2) is 46.1 Å². The number of rotatable bonds is 11. The number of carbonyl (C=O) groups is 1. The van der Waals surface area contributed by atoms with E-state index in [1.807, 2.05) is 0 Å². The lowest BCUT2D eigenvalue weighted by Crippen LogP contribution is -2.47. The first-order chi connectivity index (χ1) is 17.8. The number of para-hydroxylation sites is 1. The van der Waals surface area contributed by atoms with Gasteiger partial charge in [-0.25, -0.2) is 13.8 Å². The van der Waals surface area contributed by atoms with E-state index in [0.717, 1.165) is 0 Å². The van der Waals surface area contributed by atoms with Crippen LogP contribution in [-0.2, 0) is 23.4 Å². The molecule has 0 saturated carbocycles. The van der Waals surface area contributed by atoms with Crippen molar-refractivity contribution < 1.29 is 41.8 Å². The summed E-state index contributed by atoms with van der Waals surface area (Å²) in [5.74, 6) is -2.77. The number of nitrogens with one attached hydrogen (secondary N) is 1. The van der Waals surface area contributed by atoms with Gasteiger partial charge in [-0.05, 0) is 26.0 Å². The predicted molar refractivity (Wildman–Crippen MR) is 132 cm³/mol. The maximum atomic E-state index is 14.1. The fraction of sp³-hybridized carbons (Fsp3) is 0.522. The van der Waals surface area contributed by atoms with Gasteiger partial charge in [0.2, 0.25) is 5.82 Å². The quantitative estimate of drug-likeness (QED) is 0.233. The second kappa shape index (κ2) is 12.1. The topological polar surface area (TPSA) is 146 Å². The molecule has 0 aliphatic carbocycles. The molecule has 1 aliphatic heterocycles. The lowest BCUT2D eigenvalue weighted by atomic mass is 10.00. The molecule has 2 heterocycles. The Hall–Kier alpha value is -2.57. The molecule has 210 valence electrons. The summed E-state index contributed by atoms with van der Waals surface area (Å²) >= 11 is 6.28. The SMILES string of the molecule is CC(C)OC(=O)[C@H](C)C[P@](=O)(OC[C@H]1O[C@@H](n2cc(F)c(=O)[nH]c2=O)C(Cl)(CF)[C@H]1O)Oc1ccccc1. The molecular weight excluding hydrogens is 553 g/mol. The van der Waals surface area contributed by atoms with E-state index >= 15 is 0 Å². The molecule has 3 rings (SSSR count). The monoisotopic (exact) mass is 580 g/mol. The molecule has 38 heavy (non-hydrogen) atoms. The van der Waals surface area contributed by atoms with Crippen LogP contribution in [0.3, 0.4) is 0 Å². The van der Waals surface area contributed by atoms with Crippen molar-refractivity contribution in [1.29, 1.82) is 0 Å². The molecule has 11 nitrogen and oxygen atoms in total. The van der Waals surface area contributed by atoms with Gasteiger partial charge in [0.1, 0.15) is 29.5 Å². The van der Waals surface area contributed by atoms with Gasteiger partial charge in [0.05, 0.1) is 31.0 Å². The average Bonchev–Trinajstić information content (AvgIpc) is 3.10. The smallest absolute Gasteiger partial charge is 0.380 e. The number of carbonyl (C=O) groups excluding carboxylic acids is 1. The summed E-state index contributed by atoms with van der Waals surface area (Å²) in [6.45, 7) is 2.66. The van der Waals surface area contributed by atoms with E-state index in [9.17, 15) is 32.8 Å². The van der Waals surface area contributed by atoms with E-state index < -0.39 is 85.4 Å². The van der Waals surface area contributed by atoms with Crippen molar-refractivity contribution in [1.82, 2.24) is 9.55 Å². The highest BCUT2D eigenvalue weighted by atomic mass is 35.5. The zero-order valence-corrected chi connectivity index (χ0v) is 22.4. The number of halogens is 3. The molecule has 1 aromatic heterocycles. The number of benzene rings is 1. The van der Waals surface area contributed by atoms with Crippen LogP contribution in [0.1, 0.15) is 27.0 Å². The highest BCUT2D eigenvalue weighted by molar-refractivity contribution is 7.54. The number of hydrogen-bond acceptors (Lipinski definition) is 9. The van der Waals surface area contributed by atoms with Crippen LogP contribution in [0.25, 0.3) is 0 Å². The van der Waals surface area contributed by atoms with Gasteiger partial charge in [-0.15, -0.1) is 11.6 Å². The Morgan fingerprint density at radius 1 is 1.29 bits per heavy atom. The second-order valence-corrected chi connectivity index (χ2v) is 11.8. The molecule has 1 aliphatic rings. The Labute approximate surface area is 221 Å². The molecule has 0 spiro atoms. The number of hydrogen-bond donors (Lipinski definition) is 2. The number of ether oxygens (including phenoxy) is 2. The van der Waals surface area contributed by atoms with E-state index in [1.54, 1.807) is 37.0 Å². The van der Waals surface area contributed by atoms with Crippen molar-refractivity contribution in [3.05, 3.63) is 63.2 Å². The van der Waals surface area contributed by atoms with E-state index in [0.29, 0.717) is 10.8 Å². The van der Waals surface area contributed by atoms with Crippen LogP contribution in [0.2, 0.25) is 0 Å². The molecule has 0 bridgehead atoms. The van der Waals surface area contributed by atoms with Crippen LogP contribution >= 0.6 is 19.2 Å². The minimum atomic E-state index is -4.14. The van der Waals surface area contributed by atoms with Crippen LogP contribution < -0.4 is 15.8 Å². The number of aromatic nitrogens is 2. The van der Waals surface area contributed by atoms with Crippen LogP contribution in [0.5, 0.6) is 5.75 Å². The minimum absolute atomic E-state index is 0.164. The van der Waals surface area contributed by atoms with Gasteiger partial charge in [-0.3, -0.25) is 23.7 Å². The van der Waals surface area contributed by atoms with Crippen molar-refractivity contribution in [2.75, 3.05) is 19.4 Å². The number of H-pyrrole nitrogens is 1. The summed E-state index contributed by atoms with van der Waals surface area (Å²) in [7, 11) is -4.14.